The Kier molecular flexibility index (Phi) is 11.1. The molecular formula is C21H27F2IN4O2. The van der Waals surface area contributed by atoms with Gasteiger partial charge in [-0.1, -0.05) is 29.8 Å². The molecular weight excluding hydrogens is 505 g/mol. The van der Waals surface area contributed by atoms with Crippen molar-refractivity contribution in [1.29, 1.82) is 0 Å². The van der Waals surface area contributed by atoms with Crippen LogP contribution in [0.15, 0.2) is 47.5 Å². The third-order valence-corrected chi connectivity index (χ3v) is 4.09. The van der Waals surface area contributed by atoms with Gasteiger partial charge in [-0.25, -0.2) is 0 Å². The summed E-state index contributed by atoms with van der Waals surface area (Å²) in [5.74, 6) is 0.504. The summed E-state index contributed by atoms with van der Waals surface area (Å²) in [6.45, 7) is 2.14. The van der Waals surface area contributed by atoms with Gasteiger partial charge in [-0.05, 0) is 37.6 Å². The van der Waals surface area contributed by atoms with Gasteiger partial charge in [-0.15, -0.1) is 24.0 Å². The molecule has 2 aromatic carbocycles. The third-order valence-electron chi connectivity index (χ3n) is 4.09. The topological polar surface area (TPSA) is 74.8 Å². The molecule has 0 aliphatic heterocycles. The van der Waals surface area contributed by atoms with E-state index in [9.17, 15) is 13.6 Å². The van der Waals surface area contributed by atoms with Crippen LogP contribution < -0.4 is 20.7 Å². The molecule has 0 atom stereocenters. The van der Waals surface area contributed by atoms with Gasteiger partial charge >= 0.3 is 6.61 Å². The van der Waals surface area contributed by atoms with E-state index in [4.69, 9.17) is 0 Å². The maximum absolute atomic E-state index is 12.6. The highest BCUT2D eigenvalue weighted by atomic mass is 127. The minimum atomic E-state index is -2.88. The molecule has 0 aliphatic carbocycles. The Hall–Kier alpha value is -2.43. The lowest BCUT2D eigenvalue weighted by molar-refractivity contribution is -0.0504. The molecule has 2 aromatic rings. The summed E-state index contributed by atoms with van der Waals surface area (Å²) in [7, 11) is 1.62. The molecule has 0 heterocycles. The van der Waals surface area contributed by atoms with Crippen molar-refractivity contribution in [2.24, 2.45) is 4.99 Å². The Balaban J connectivity index is 0.00000450. The maximum Gasteiger partial charge on any atom is 0.387 e. The number of halogens is 3. The fourth-order valence-corrected chi connectivity index (χ4v) is 2.73. The molecule has 0 saturated carbocycles. The predicted molar refractivity (Wildman–Crippen MR) is 125 cm³/mol. The van der Waals surface area contributed by atoms with Crippen LogP contribution in [-0.4, -0.2) is 32.1 Å². The van der Waals surface area contributed by atoms with Gasteiger partial charge in [-0.2, -0.15) is 8.78 Å². The lowest BCUT2D eigenvalue weighted by atomic mass is 10.1. The van der Waals surface area contributed by atoms with Crippen LogP contribution in [0.2, 0.25) is 0 Å². The average Bonchev–Trinajstić information content (AvgIpc) is 2.70. The molecule has 0 aliphatic rings. The Morgan fingerprint density at radius 2 is 1.83 bits per heavy atom. The largest absolute Gasteiger partial charge is 0.434 e. The number of hydrogen-bond donors (Lipinski definition) is 3. The normalized spacial score (nSPS) is 10.9. The number of rotatable bonds is 8. The summed E-state index contributed by atoms with van der Waals surface area (Å²) in [6, 6.07) is 12.3. The van der Waals surface area contributed by atoms with Crippen LogP contribution in [0.25, 0.3) is 0 Å². The molecule has 0 saturated heterocycles. The smallest absolute Gasteiger partial charge is 0.387 e. The fraction of sp³-hybridized carbons (Fsp3) is 0.333. The van der Waals surface area contributed by atoms with Crippen LogP contribution >= 0.6 is 24.0 Å². The number of alkyl halides is 2. The zero-order valence-electron chi connectivity index (χ0n) is 17.2. The number of guanidine groups is 1. The molecule has 164 valence electrons. The number of hydrogen-bond acceptors (Lipinski definition) is 3. The standard InChI is InChI=1S/C21H26F2N4O2.HI/c1-4-25-19(28)16-7-5-6-15(11-16)12-26-21(24-3)27-13-17-10-14(2)8-9-18(17)29-20(22)23;/h5-11,20H,4,12-13H2,1-3H3,(H,25,28)(H2,24,26,27);1H. The van der Waals surface area contributed by atoms with Gasteiger partial charge in [0.1, 0.15) is 5.75 Å². The summed E-state index contributed by atoms with van der Waals surface area (Å²) in [5.41, 5.74) is 3.04. The van der Waals surface area contributed by atoms with Crippen molar-refractivity contribution >= 4 is 35.8 Å². The van der Waals surface area contributed by atoms with E-state index >= 15 is 0 Å². The number of nitrogens with zero attached hydrogens (tertiary/aromatic N) is 1. The van der Waals surface area contributed by atoms with Crippen molar-refractivity contribution < 1.29 is 18.3 Å². The van der Waals surface area contributed by atoms with Crippen molar-refractivity contribution in [3.05, 3.63) is 64.7 Å². The SMILES string of the molecule is CCNC(=O)c1cccc(CNC(=NC)NCc2cc(C)ccc2OC(F)F)c1.I. The minimum Gasteiger partial charge on any atom is -0.434 e. The van der Waals surface area contributed by atoms with Crippen molar-refractivity contribution in [2.75, 3.05) is 13.6 Å². The number of amides is 1. The second kappa shape index (κ2) is 13.0. The predicted octanol–water partition coefficient (Wildman–Crippen LogP) is 3.83. The first kappa shape index (κ1) is 25.6. The molecule has 0 fully saturated rings. The average molecular weight is 532 g/mol. The van der Waals surface area contributed by atoms with Crippen LogP contribution in [0.5, 0.6) is 5.75 Å². The Bertz CT molecular complexity index is 863. The first-order chi connectivity index (χ1) is 13.9. The van der Waals surface area contributed by atoms with Crippen LogP contribution in [-0.2, 0) is 13.1 Å². The van der Waals surface area contributed by atoms with Crippen LogP contribution in [0, 0.1) is 6.92 Å². The van der Waals surface area contributed by atoms with Crippen molar-refractivity contribution in [3.8, 4) is 5.75 Å². The number of carbonyl (C=O) groups is 1. The van der Waals surface area contributed by atoms with E-state index in [2.05, 4.69) is 25.7 Å². The summed E-state index contributed by atoms with van der Waals surface area (Å²) in [6.07, 6.45) is 0. The first-order valence-electron chi connectivity index (χ1n) is 9.29. The van der Waals surface area contributed by atoms with E-state index in [1.54, 1.807) is 31.3 Å². The number of benzene rings is 2. The zero-order chi connectivity index (χ0) is 21.2. The summed E-state index contributed by atoms with van der Waals surface area (Å²) in [5, 5.41) is 9.00. The lowest BCUT2D eigenvalue weighted by Crippen LogP contribution is -2.36. The van der Waals surface area contributed by atoms with E-state index in [-0.39, 0.29) is 42.2 Å². The van der Waals surface area contributed by atoms with E-state index in [1.807, 2.05) is 26.0 Å². The van der Waals surface area contributed by atoms with Crippen LogP contribution in [0.4, 0.5) is 8.78 Å². The highest BCUT2D eigenvalue weighted by molar-refractivity contribution is 14.0. The second-order valence-corrected chi connectivity index (χ2v) is 6.33. The molecule has 30 heavy (non-hydrogen) atoms. The number of ether oxygens (including phenoxy) is 1. The summed E-state index contributed by atoms with van der Waals surface area (Å²) < 4.78 is 29.8. The third kappa shape index (κ3) is 8.13. The van der Waals surface area contributed by atoms with Gasteiger partial charge in [0.25, 0.3) is 5.91 Å². The molecule has 9 heteroatoms. The van der Waals surface area contributed by atoms with E-state index in [1.165, 1.54) is 6.07 Å². The monoisotopic (exact) mass is 532 g/mol. The number of carbonyl (C=O) groups excluding carboxylic acids is 1. The molecule has 3 N–H and O–H groups in total. The Morgan fingerprint density at radius 1 is 1.10 bits per heavy atom. The minimum absolute atomic E-state index is 0. The second-order valence-electron chi connectivity index (χ2n) is 6.33. The molecule has 0 unspecified atom stereocenters. The Morgan fingerprint density at radius 3 is 2.50 bits per heavy atom. The molecule has 0 aromatic heterocycles. The number of nitrogens with one attached hydrogen (secondary N) is 3. The van der Waals surface area contributed by atoms with E-state index in [0.717, 1.165) is 11.1 Å². The molecule has 0 bridgehead atoms. The highest BCUT2D eigenvalue weighted by Crippen LogP contribution is 2.22. The molecule has 2 rings (SSSR count). The van der Waals surface area contributed by atoms with E-state index in [0.29, 0.717) is 30.2 Å². The molecule has 0 radical (unpaired) electrons. The van der Waals surface area contributed by atoms with Crippen LogP contribution in [0.1, 0.15) is 34.0 Å². The summed E-state index contributed by atoms with van der Waals surface area (Å²) in [4.78, 5) is 16.1. The van der Waals surface area contributed by atoms with Gasteiger partial charge in [0.05, 0.1) is 0 Å². The van der Waals surface area contributed by atoms with Crippen LogP contribution in [0.3, 0.4) is 0 Å². The van der Waals surface area contributed by atoms with E-state index < -0.39 is 6.61 Å². The Labute approximate surface area is 192 Å². The maximum atomic E-state index is 12.6. The van der Waals surface area contributed by atoms with Gasteiger partial charge in [0.15, 0.2) is 5.96 Å². The van der Waals surface area contributed by atoms with Crippen molar-refractivity contribution in [1.82, 2.24) is 16.0 Å². The first-order valence-corrected chi connectivity index (χ1v) is 9.29. The zero-order valence-corrected chi connectivity index (χ0v) is 19.5. The van der Waals surface area contributed by atoms with Crippen molar-refractivity contribution in [3.63, 3.8) is 0 Å². The lowest BCUT2D eigenvalue weighted by Gasteiger charge is -2.15. The van der Waals surface area contributed by atoms with Gasteiger partial charge < -0.3 is 20.7 Å². The van der Waals surface area contributed by atoms with Gasteiger partial charge in [0.2, 0.25) is 0 Å². The fourth-order valence-electron chi connectivity index (χ4n) is 2.73. The quantitative estimate of drug-likeness (QED) is 0.275. The summed E-state index contributed by atoms with van der Waals surface area (Å²) >= 11 is 0. The van der Waals surface area contributed by atoms with Crippen molar-refractivity contribution in [2.45, 2.75) is 33.5 Å². The molecule has 1 amide bonds. The number of aliphatic imine (C=N–C) groups is 1. The molecule has 0 spiro atoms. The molecule has 6 nitrogen and oxygen atoms in total. The number of aryl methyl sites for hydroxylation is 1. The van der Waals surface area contributed by atoms with Gasteiger partial charge in [0, 0.05) is 37.8 Å². The van der Waals surface area contributed by atoms with Gasteiger partial charge in [-0.3, -0.25) is 9.79 Å². The highest BCUT2D eigenvalue weighted by Gasteiger charge is 2.11.